The summed E-state index contributed by atoms with van der Waals surface area (Å²) in [7, 11) is 0. The van der Waals surface area contributed by atoms with Crippen LogP contribution in [-0.2, 0) is 0 Å². The summed E-state index contributed by atoms with van der Waals surface area (Å²) >= 11 is 0. The van der Waals surface area contributed by atoms with Gasteiger partial charge in [0.1, 0.15) is 23.2 Å². The van der Waals surface area contributed by atoms with Gasteiger partial charge in [-0.2, -0.15) is 10.2 Å². The highest BCUT2D eigenvalue weighted by Crippen LogP contribution is 2.51. The molecular formula is C20H18N4O. The van der Waals surface area contributed by atoms with Crippen LogP contribution in [0.1, 0.15) is 42.4 Å². The fraction of sp³-hybridized carbons (Fsp3) is 0.200. The predicted molar refractivity (Wildman–Crippen MR) is 98.5 cm³/mol. The number of benzene rings is 2. The third-order valence-corrected chi connectivity index (χ3v) is 4.79. The van der Waals surface area contributed by atoms with E-state index in [4.69, 9.17) is 16.2 Å². The molecule has 4 rings (SSSR count). The van der Waals surface area contributed by atoms with E-state index in [9.17, 15) is 5.26 Å². The highest BCUT2D eigenvalue weighted by molar-refractivity contribution is 5.91. The van der Waals surface area contributed by atoms with Gasteiger partial charge < -0.3 is 16.2 Å². The lowest BCUT2D eigenvalue weighted by Gasteiger charge is -2.30. The quantitative estimate of drug-likeness (QED) is 0.729. The number of anilines is 2. The Bertz CT molecular complexity index is 1040. The first-order valence-corrected chi connectivity index (χ1v) is 8.34. The van der Waals surface area contributed by atoms with Crippen molar-refractivity contribution in [3.05, 3.63) is 53.1 Å². The van der Waals surface area contributed by atoms with Gasteiger partial charge in [-0.05, 0) is 11.8 Å². The van der Waals surface area contributed by atoms with Crippen molar-refractivity contribution in [2.24, 2.45) is 0 Å². The van der Waals surface area contributed by atoms with E-state index in [2.05, 4.69) is 36.2 Å². The van der Waals surface area contributed by atoms with Crippen LogP contribution < -0.4 is 16.2 Å². The second kappa shape index (κ2) is 5.67. The van der Waals surface area contributed by atoms with E-state index in [1.54, 1.807) is 0 Å². The van der Waals surface area contributed by atoms with E-state index in [0.717, 1.165) is 40.5 Å². The number of nitrogens with zero attached hydrogens (tertiary/aromatic N) is 2. The lowest BCUT2D eigenvalue weighted by molar-refractivity contribution is 0.428. The van der Waals surface area contributed by atoms with Crippen molar-refractivity contribution < 1.29 is 4.74 Å². The van der Waals surface area contributed by atoms with E-state index >= 15 is 0 Å². The Kier molecular flexibility index (Phi) is 3.47. The fourth-order valence-corrected chi connectivity index (χ4v) is 3.63. The molecule has 1 aliphatic heterocycles. The molecule has 0 aliphatic carbocycles. The number of hydrogen-bond donors (Lipinski definition) is 2. The van der Waals surface area contributed by atoms with Crippen LogP contribution in [0.4, 0.5) is 11.5 Å². The van der Waals surface area contributed by atoms with Crippen LogP contribution in [-0.4, -0.2) is 4.98 Å². The number of nitriles is 1. The van der Waals surface area contributed by atoms with Crippen LogP contribution in [0.3, 0.4) is 0 Å². The molecule has 0 bridgehead atoms. The first-order chi connectivity index (χ1) is 12.2. The van der Waals surface area contributed by atoms with Gasteiger partial charge in [-0.1, -0.05) is 49.7 Å². The van der Waals surface area contributed by atoms with Crippen LogP contribution in [0.2, 0.25) is 0 Å². The van der Waals surface area contributed by atoms with Crippen LogP contribution in [0.5, 0.6) is 11.6 Å². The number of nitrogen functional groups attached to an aromatic ring is 2. The summed E-state index contributed by atoms with van der Waals surface area (Å²) in [6, 6.07) is 14.3. The van der Waals surface area contributed by atoms with E-state index in [-0.39, 0.29) is 17.3 Å². The highest BCUT2D eigenvalue weighted by Gasteiger charge is 2.33. The molecule has 1 aliphatic rings. The standard InChI is InChI=1S/C20H18N4O/c1-2-5-13-14-9-8-11-6-3-4-7-12(11)18(14)25-20-16(13)17(22)15(10-21)19(23)24-20/h3-4,6-9,13H,2,5H2,1H3,(H4,22,23,24)/t13-/m1/s1. The summed E-state index contributed by atoms with van der Waals surface area (Å²) < 4.78 is 6.15. The average Bonchev–Trinajstić information content (AvgIpc) is 2.61. The van der Waals surface area contributed by atoms with Crippen molar-refractivity contribution in [3.63, 3.8) is 0 Å². The fourth-order valence-electron chi connectivity index (χ4n) is 3.63. The molecule has 0 spiro atoms. The molecule has 2 heterocycles. The van der Waals surface area contributed by atoms with E-state index in [1.807, 2.05) is 18.2 Å². The number of ether oxygens (including phenoxy) is 1. The summed E-state index contributed by atoms with van der Waals surface area (Å²) in [6.45, 7) is 2.13. The lowest BCUT2D eigenvalue weighted by atomic mass is 9.83. The van der Waals surface area contributed by atoms with Crippen LogP contribution >= 0.6 is 0 Å². The smallest absolute Gasteiger partial charge is 0.227 e. The number of fused-ring (bicyclic) bond motifs is 4. The van der Waals surface area contributed by atoms with Gasteiger partial charge in [0.25, 0.3) is 0 Å². The topological polar surface area (TPSA) is 98.0 Å². The molecule has 0 amide bonds. The minimum atomic E-state index is 0.0357. The van der Waals surface area contributed by atoms with Gasteiger partial charge in [0.05, 0.1) is 5.69 Å². The number of rotatable bonds is 2. The molecule has 5 heteroatoms. The minimum absolute atomic E-state index is 0.0357. The number of aromatic nitrogens is 1. The summed E-state index contributed by atoms with van der Waals surface area (Å²) in [5.41, 5.74) is 14.7. The van der Waals surface area contributed by atoms with Crippen molar-refractivity contribution in [1.29, 1.82) is 5.26 Å². The minimum Gasteiger partial charge on any atom is -0.438 e. The molecule has 0 saturated heterocycles. The van der Waals surface area contributed by atoms with Crippen LogP contribution in [0.15, 0.2) is 36.4 Å². The zero-order valence-corrected chi connectivity index (χ0v) is 13.9. The number of hydrogen-bond acceptors (Lipinski definition) is 5. The zero-order valence-electron chi connectivity index (χ0n) is 13.9. The van der Waals surface area contributed by atoms with E-state index < -0.39 is 0 Å². The molecule has 0 fully saturated rings. The van der Waals surface area contributed by atoms with Gasteiger partial charge in [-0.3, -0.25) is 0 Å². The Morgan fingerprint density at radius 3 is 2.76 bits per heavy atom. The molecule has 124 valence electrons. The lowest BCUT2D eigenvalue weighted by Crippen LogP contribution is -2.16. The monoisotopic (exact) mass is 330 g/mol. The number of pyridine rings is 1. The van der Waals surface area contributed by atoms with Crippen molar-refractivity contribution in [1.82, 2.24) is 4.98 Å². The molecular weight excluding hydrogens is 312 g/mol. The van der Waals surface area contributed by atoms with Gasteiger partial charge in [0, 0.05) is 22.4 Å². The molecule has 0 radical (unpaired) electrons. The normalized spacial score (nSPS) is 15.1. The van der Waals surface area contributed by atoms with Crippen LogP contribution in [0.25, 0.3) is 10.8 Å². The van der Waals surface area contributed by atoms with Gasteiger partial charge in [-0.15, -0.1) is 0 Å². The zero-order chi connectivity index (χ0) is 17.6. The van der Waals surface area contributed by atoms with E-state index in [0.29, 0.717) is 11.6 Å². The van der Waals surface area contributed by atoms with Crippen LogP contribution in [0, 0.1) is 11.3 Å². The maximum atomic E-state index is 9.36. The highest BCUT2D eigenvalue weighted by atomic mass is 16.5. The molecule has 4 N–H and O–H groups in total. The Labute approximate surface area is 145 Å². The molecule has 1 aromatic heterocycles. The molecule has 2 aromatic carbocycles. The number of nitrogens with two attached hydrogens (primary N) is 2. The molecule has 0 saturated carbocycles. The van der Waals surface area contributed by atoms with Crippen molar-refractivity contribution in [3.8, 4) is 17.7 Å². The maximum absolute atomic E-state index is 9.36. The van der Waals surface area contributed by atoms with E-state index in [1.165, 1.54) is 0 Å². The summed E-state index contributed by atoms with van der Waals surface area (Å²) in [5.74, 6) is 1.36. The third kappa shape index (κ3) is 2.18. The largest absolute Gasteiger partial charge is 0.438 e. The maximum Gasteiger partial charge on any atom is 0.227 e. The molecule has 25 heavy (non-hydrogen) atoms. The van der Waals surface area contributed by atoms with Crippen molar-refractivity contribution >= 4 is 22.3 Å². The molecule has 0 unspecified atom stereocenters. The Hall–Kier alpha value is -3.26. The molecule has 1 atom stereocenters. The predicted octanol–water partition coefficient (Wildman–Crippen LogP) is 4.31. The second-order valence-corrected chi connectivity index (χ2v) is 6.26. The van der Waals surface area contributed by atoms with Crippen molar-refractivity contribution in [2.75, 3.05) is 11.5 Å². The van der Waals surface area contributed by atoms with Crippen molar-refractivity contribution in [2.45, 2.75) is 25.7 Å². The second-order valence-electron chi connectivity index (χ2n) is 6.26. The Morgan fingerprint density at radius 2 is 2.00 bits per heavy atom. The SMILES string of the molecule is CCC[C@@H]1c2ccc3ccccc3c2Oc2nc(N)c(C#N)c(N)c21. The van der Waals surface area contributed by atoms with Gasteiger partial charge in [-0.25, -0.2) is 0 Å². The van der Waals surface area contributed by atoms with Gasteiger partial charge in [0.2, 0.25) is 5.88 Å². The first kappa shape index (κ1) is 15.3. The third-order valence-electron chi connectivity index (χ3n) is 4.79. The average molecular weight is 330 g/mol. The summed E-state index contributed by atoms with van der Waals surface area (Å²) in [6.07, 6.45) is 1.87. The Balaban J connectivity index is 2.03. The molecule has 3 aromatic rings. The summed E-state index contributed by atoms with van der Waals surface area (Å²) in [5, 5.41) is 11.5. The Morgan fingerprint density at radius 1 is 1.20 bits per heavy atom. The first-order valence-electron chi connectivity index (χ1n) is 8.34. The molecule has 5 nitrogen and oxygen atoms in total. The summed E-state index contributed by atoms with van der Waals surface area (Å²) in [4.78, 5) is 4.34. The van der Waals surface area contributed by atoms with Gasteiger partial charge in [0.15, 0.2) is 0 Å². The van der Waals surface area contributed by atoms with Gasteiger partial charge >= 0.3 is 0 Å².